The second-order valence-corrected chi connectivity index (χ2v) is 4.49. The number of halogens is 2. The third kappa shape index (κ3) is 4.40. The van der Waals surface area contributed by atoms with Gasteiger partial charge in [-0.15, -0.1) is 0 Å². The minimum atomic E-state index is -0.508. The fourth-order valence-electron chi connectivity index (χ4n) is 0.641. The quantitative estimate of drug-likeness (QED) is 0.743. The summed E-state index contributed by atoms with van der Waals surface area (Å²) in [6.45, 7) is 0. The second kappa shape index (κ2) is 5.57. The Bertz CT molecular complexity index is 192. The number of hydrogen-bond acceptors (Lipinski definition) is 2. The molecule has 0 saturated carbocycles. The molecule has 0 aliphatic rings. The zero-order valence-corrected chi connectivity index (χ0v) is 9.15. The SMILES string of the molecule is N#CCCC(Br)(C#N)CCBr. The van der Waals surface area contributed by atoms with Crippen molar-refractivity contribution in [3.63, 3.8) is 0 Å². The lowest BCUT2D eigenvalue weighted by molar-refractivity contribution is 0.664. The maximum absolute atomic E-state index is 8.72. The highest BCUT2D eigenvalue weighted by atomic mass is 79.9. The second-order valence-electron chi connectivity index (χ2n) is 2.17. The minimum Gasteiger partial charge on any atom is -0.198 e. The van der Waals surface area contributed by atoms with Crippen LogP contribution in [0.1, 0.15) is 19.3 Å². The molecule has 0 radical (unpaired) electrons. The van der Waals surface area contributed by atoms with Crippen LogP contribution in [0, 0.1) is 22.7 Å². The van der Waals surface area contributed by atoms with Gasteiger partial charge in [0.1, 0.15) is 4.32 Å². The topological polar surface area (TPSA) is 47.6 Å². The molecule has 60 valence electrons. The Labute approximate surface area is 83.4 Å². The number of nitriles is 2. The normalized spacial score (nSPS) is 14.5. The summed E-state index contributed by atoms with van der Waals surface area (Å²) in [7, 11) is 0. The van der Waals surface area contributed by atoms with Gasteiger partial charge in [-0.3, -0.25) is 0 Å². The van der Waals surface area contributed by atoms with Crippen molar-refractivity contribution in [1.82, 2.24) is 0 Å². The molecule has 0 heterocycles. The van der Waals surface area contributed by atoms with Gasteiger partial charge in [0.15, 0.2) is 0 Å². The van der Waals surface area contributed by atoms with Crippen molar-refractivity contribution in [3.8, 4) is 12.1 Å². The summed E-state index contributed by atoms with van der Waals surface area (Å²) >= 11 is 6.56. The van der Waals surface area contributed by atoms with Crippen molar-refractivity contribution < 1.29 is 0 Å². The van der Waals surface area contributed by atoms with Crippen LogP contribution < -0.4 is 0 Å². The van der Waals surface area contributed by atoms with Gasteiger partial charge >= 0.3 is 0 Å². The van der Waals surface area contributed by atoms with Crippen LogP contribution in [0.15, 0.2) is 0 Å². The van der Waals surface area contributed by atoms with Gasteiger partial charge in [-0.05, 0) is 12.8 Å². The standard InChI is InChI=1S/C7H8Br2N2/c8-4-3-7(9,6-11)2-1-5-10/h1-4H2. The van der Waals surface area contributed by atoms with Gasteiger partial charge in [-0.25, -0.2) is 0 Å². The Morgan fingerprint density at radius 1 is 1.27 bits per heavy atom. The van der Waals surface area contributed by atoms with Crippen LogP contribution in [-0.2, 0) is 0 Å². The molecule has 0 aromatic rings. The average Bonchev–Trinajstić information content (AvgIpc) is 2.02. The van der Waals surface area contributed by atoms with E-state index in [4.69, 9.17) is 10.5 Å². The molecule has 0 amide bonds. The van der Waals surface area contributed by atoms with E-state index in [9.17, 15) is 0 Å². The Balaban J connectivity index is 3.93. The molecule has 0 aliphatic carbocycles. The molecule has 2 nitrogen and oxygen atoms in total. The molecule has 1 unspecified atom stereocenters. The molecule has 0 aromatic heterocycles. The van der Waals surface area contributed by atoms with Crippen LogP contribution in [0.5, 0.6) is 0 Å². The maximum Gasteiger partial charge on any atom is 0.114 e. The Morgan fingerprint density at radius 3 is 2.27 bits per heavy atom. The molecular formula is C7H8Br2N2. The van der Waals surface area contributed by atoms with Crippen LogP contribution in [0.4, 0.5) is 0 Å². The van der Waals surface area contributed by atoms with E-state index >= 15 is 0 Å². The first-order chi connectivity index (χ1) is 5.18. The number of hydrogen-bond donors (Lipinski definition) is 0. The van der Waals surface area contributed by atoms with E-state index in [-0.39, 0.29) is 0 Å². The van der Waals surface area contributed by atoms with Crippen molar-refractivity contribution in [3.05, 3.63) is 0 Å². The number of nitrogens with zero attached hydrogens (tertiary/aromatic N) is 2. The highest BCUT2D eigenvalue weighted by Gasteiger charge is 2.24. The lowest BCUT2D eigenvalue weighted by atomic mass is 10.0. The molecular weight excluding hydrogens is 272 g/mol. The molecule has 0 saturated heterocycles. The first-order valence-electron chi connectivity index (χ1n) is 3.21. The fraction of sp³-hybridized carbons (Fsp3) is 0.714. The maximum atomic E-state index is 8.72. The molecule has 0 spiro atoms. The van der Waals surface area contributed by atoms with Crippen LogP contribution >= 0.6 is 31.9 Å². The van der Waals surface area contributed by atoms with Crippen molar-refractivity contribution >= 4 is 31.9 Å². The van der Waals surface area contributed by atoms with Gasteiger partial charge < -0.3 is 0 Å². The molecule has 0 rings (SSSR count). The van der Waals surface area contributed by atoms with E-state index in [2.05, 4.69) is 37.9 Å². The zero-order valence-electron chi connectivity index (χ0n) is 5.98. The van der Waals surface area contributed by atoms with Crippen molar-refractivity contribution in [2.24, 2.45) is 0 Å². The molecule has 0 aliphatic heterocycles. The Morgan fingerprint density at radius 2 is 1.91 bits per heavy atom. The third-order valence-corrected chi connectivity index (χ3v) is 2.69. The van der Waals surface area contributed by atoms with Crippen LogP contribution in [0.25, 0.3) is 0 Å². The predicted molar refractivity (Wildman–Crippen MR) is 50.5 cm³/mol. The summed E-state index contributed by atoms with van der Waals surface area (Å²) in [5.74, 6) is 0. The van der Waals surface area contributed by atoms with Crippen molar-refractivity contribution in [2.75, 3.05) is 5.33 Å². The van der Waals surface area contributed by atoms with Gasteiger partial charge in [-0.2, -0.15) is 10.5 Å². The summed E-state index contributed by atoms with van der Waals surface area (Å²) in [6.07, 6.45) is 1.74. The van der Waals surface area contributed by atoms with Gasteiger partial charge in [0.25, 0.3) is 0 Å². The number of rotatable bonds is 4. The summed E-state index contributed by atoms with van der Waals surface area (Å²) in [6, 6.07) is 4.17. The number of alkyl halides is 2. The van der Waals surface area contributed by atoms with Crippen molar-refractivity contribution in [2.45, 2.75) is 23.6 Å². The highest BCUT2D eigenvalue weighted by molar-refractivity contribution is 9.10. The first kappa shape index (κ1) is 10.9. The zero-order chi connectivity index (χ0) is 8.74. The third-order valence-electron chi connectivity index (χ3n) is 1.32. The molecule has 0 fully saturated rings. The molecule has 0 bridgehead atoms. The van der Waals surface area contributed by atoms with Crippen LogP contribution in [-0.4, -0.2) is 9.65 Å². The molecule has 1 atom stereocenters. The highest BCUT2D eigenvalue weighted by Crippen LogP contribution is 2.27. The van der Waals surface area contributed by atoms with E-state index in [0.29, 0.717) is 12.8 Å². The lowest BCUT2D eigenvalue weighted by Gasteiger charge is -2.15. The predicted octanol–water partition coefficient (Wildman–Crippen LogP) is 2.73. The largest absolute Gasteiger partial charge is 0.198 e. The van der Waals surface area contributed by atoms with Crippen molar-refractivity contribution in [1.29, 1.82) is 10.5 Å². The average molecular weight is 280 g/mol. The first-order valence-corrected chi connectivity index (χ1v) is 5.13. The van der Waals surface area contributed by atoms with Gasteiger partial charge in [0.2, 0.25) is 0 Å². The van der Waals surface area contributed by atoms with Gasteiger partial charge in [-0.1, -0.05) is 31.9 Å². The minimum absolute atomic E-state index is 0.422. The summed E-state index contributed by atoms with van der Waals surface area (Å²) in [5.41, 5.74) is 0. The summed E-state index contributed by atoms with van der Waals surface area (Å²) < 4.78 is -0.508. The molecule has 4 heteroatoms. The fourth-order valence-corrected chi connectivity index (χ4v) is 2.25. The van der Waals surface area contributed by atoms with Gasteiger partial charge in [0, 0.05) is 11.8 Å². The van der Waals surface area contributed by atoms with Crippen LogP contribution in [0.3, 0.4) is 0 Å². The van der Waals surface area contributed by atoms with E-state index in [1.807, 2.05) is 6.07 Å². The monoisotopic (exact) mass is 278 g/mol. The van der Waals surface area contributed by atoms with Gasteiger partial charge in [0.05, 0.1) is 12.1 Å². The molecule has 11 heavy (non-hydrogen) atoms. The Kier molecular flexibility index (Phi) is 5.54. The summed E-state index contributed by atoms with van der Waals surface area (Å²) in [4.78, 5) is 0. The smallest absolute Gasteiger partial charge is 0.114 e. The summed E-state index contributed by atoms with van der Waals surface area (Å²) in [5, 5.41) is 17.8. The van der Waals surface area contributed by atoms with Crippen LogP contribution in [0.2, 0.25) is 0 Å². The molecule has 0 aromatic carbocycles. The van der Waals surface area contributed by atoms with E-state index in [1.165, 1.54) is 0 Å². The van der Waals surface area contributed by atoms with E-state index in [0.717, 1.165) is 11.8 Å². The molecule has 0 N–H and O–H groups in total. The van der Waals surface area contributed by atoms with E-state index in [1.54, 1.807) is 0 Å². The Hall–Kier alpha value is -0.0600. The van der Waals surface area contributed by atoms with E-state index < -0.39 is 4.32 Å². The lowest BCUT2D eigenvalue weighted by Crippen LogP contribution is -2.18.